The van der Waals surface area contributed by atoms with Gasteiger partial charge in [-0.15, -0.1) is 11.3 Å². The highest BCUT2D eigenvalue weighted by atomic mass is 32.2. The summed E-state index contributed by atoms with van der Waals surface area (Å²) < 4.78 is 33.9. The molecule has 37 heavy (non-hydrogen) atoms. The maximum atomic E-state index is 12.9. The molecule has 0 aromatic carbocycles. The van der Waals surface area contributed by atoms with Crippen molar-refractivity contribution in [1.82, 2.24) is 19.3 Å². The lowest BCUT2D eigenvalue weighted by Crippen LogP contribution is -2.46. The number of hydrogen-bond acceptors (Lipinski definition) is 10. The molecule has 12 nitrogen and oxygen atoms in total. The van der Waals surface area contributed by atoms with Gasteiger partial charge in [-0.05, 0) is 32.0 Å². The van der Waals surface area contributed by atoms with Gasteiger partial charge in [-0.25, -0.2) is 18.4 Å². The van der Waals surface area contributed by atoms with E-state index in [1.54, 1.807) is 5.38 Å². The fraction of sp³-hybridized carbons (Fsp3) is 0.391. The van der Waals surface area contributed by atoms with Crippen molar-refractivity contribution >= 4 is 45.0 Å². The average molecular weight is 549 g/mol. The zero-order chi connectivity index (χ0) is 26.5. The Morgan fingerprint density at radius 2 is 1.95 bits per heavy atom. The molecule has 14 heteroatoms. The Morgan fingerprint density at radius 1 is 1.19 bits per heavy atom. The summed E-state index contributed by atoms with van der Waals surface area (Å²) in [5.41, 5.74) is 1.38. The molecule has 3 atom stereocenters. The largest absolute Gasteiger partial charge is 0.382 e. The first kappa shape index (κ1) is 26.7. The number of carbonyl (C=O) groups is 2. The van der Waals surface area contributed by atoms with Crippen LogP contribution in [0.1, 0.15) is 24.2 Å². The summed E-state index contributed by atoms with van der Waals surface area (Å²) in [6.07, 6.45) is 2.61. The quantitative estimate of drug-likeness (QED) is 0.338. The summed E-state index contributed by atoms with van der Waals surface area (Å²) in [4.78, 5) is 36.8. The van der Waals surface area contributed by atoms with Gasteiger partial charge in [-0.3, -0.25) is 13.6 Å². The van der Waals surface area contributed by atoms with E-state index >= 15 is 0 Å². The van der Waals surface area contributed by atoms with Crippen LogP contribution in [0, 0.1) is 0 Å². The third-order valence-corrected chi connectivity index (χ3v) is 6.94. The Balaban J connectivity index is 1.43. The van der Waals surface area contributed by atoms with Crippen molar-refractivity contribution in [2.75, 3.05) is 37.0 Å². The van der Waals surface area contributed by atoms with Crippen LogP contribution in [0.15, 0.2) is 42.0 Å². The topological polar surface area (TPSA) is 145 Å². The lowest BCUT2D eigenvalue weighted by molar-refractivity contribution is -0.119. The molecule has 0 bridgehead atoms. The first-order chi connectivity index (χ1) is 17.7. The third kappa shape index (κ3) is 6.71. The van der Waals surface area contributed by atoms with E-state index in [0.717, 1.165) is 29.1 Å². The number of carbonyl (C=O) groups excluding carboxylic acids is 2. The maximum absolute atomic E-state index is 12.9. The van der Waals surface area contributed by atoms with Gasteiger partial charge in [0.2, 0.25) is 10.9 Å². The van der Waals surface area contributed by atoms with E-state index in [9.17, 15) is 18.0 Å². The van der Waals surface area contributed by atoms with Crippen LogP contribution in [0.3, 0.4) is 0 Å². The van der Waals surface area contributed by atoms with Crippen molar-refractivity contribution < 1.29 is 27.5 Å². The summed E-state index contributed by atoms with van der Waals surface area (Å²) in [7, 11) is -1.48. The predicted octanol–water partition coefficient (Wildman–Crippen LogP) is 1.38. The van der Waals surface area contributed by atoms with E-state index in [-0.39, 0.29) is 24.4 Å². The van der Waals surface area contributed by atoms with Crippen LogP contribution < -0.4 is 15.5 Å². The average Bonchev–Trinajstić information content (AvgIpc) is 3.54. The molecule has 1 aliphatic heterocycles. The Hall–Kier alpha value is -3.33. The number of pyridine rings is 1. The Bertz CT molecular complexity index is 1320. The summed E-state index contributed by atoms with van der Waals surface area (Å²) >= 11 is 1.23. The second-order valence-electron chi connectivity index (χ2n) is 8.57. The van der Waals surface area contributed by atoms with Gasteiger partial charge >= 0.3 is 0 Å². The van der Waals surface area contributed by atoms with Crippen molar-refractivity contribution in [2.45, 2.75) is 32.1 Å². The van der Waals surface area contributed by atoms with Gasteiger partial charge in [-0.1, -0.05) is 6.07 Å². The van der Waals surface area contributed by atoms with E-state index in [0.29, 0.717) is 16.5 Å². The predicted molar refractivity (Wildman–Crippen MR) is 139 cm³/mol. The second-order valence-corrected chi connectivity index (χ2v) is 10.4. The fourth-order valence-corrected chi connectivity index (χ4v) is 5.06. The number of methoxy groups -OCH3 is 1. The third-order valence-electron chi connectivity index (χ3n) is 5.56. The van der Waals surface area contributed by atoms with Gasteiger partial charge in [0.15, 0.2) is 5.13 Å². The number of thiazole rings is 1. The molecule has 0 radical (unpaired) electrons. The van der Waals surface area contributed by atoms with Crippen molar-refractivity contribution in [3.63, 3.8) is 0 Å². The molecular weight excluding hydrogens is 520 g/mol. The molecule has 4 rings (SSSR count). The summed E-state index contributed by atoms with van der Waals surface area (Å²) in [5, 5.41) is 7.40. The molecule has 0 unspecified atom stereocenters. The number of nitrogens with zero attached hydrogens (tertiary/aromatic N) is 4. The molecule has 1 saturated heterocycles. The summed E-state index contributed by atoms with van der Waals surface area (Å²) in [6.45, 7) is 5.46. The highest BCUT2D eigenvalue weighted by Gasteiger charge is 2.25. The maximum Gasteiger partial charge on any atom is 0.253 e. The second kappa shape index (κ2) is 11.8. The molecular formula is C23H28N6O6S2. The van der Waals surface area contributed by atoms with E-state index in [2.05, 4.69) is 20.5 Å². The van der Waals surface area contributed by atoms with E-state index < -0.39 is 28.7 Å². The zero-order valence-electron chi connectivity index (χ0n) is 20.5. The number of morpholine rings is 1. The smallest absolute Gasteiger partial charge is 0.253 e. The lowest BCUT2D eigenvalue weighted by Gasteiger charge is -2.36. The number of hydrogen-bond donors (Lipinski definition) is 3. The monoisotopic (exact) mass is 548 g/mol. The number of aromatic nitrogens is 3. The van der Waals surface area contributed by atoms with Crippen molar-refractivity contribution in [2.24, 2.45) is 0 Å². The molecule has 0 spiro atoms. The lowest BCUT2D eigenvalue weighted by atomic mass is 10.2. The van der Waals surface area contributed by atoms with Gasteiger partial charge in [0.1, 0.15) is 17.6 Å². The molecule has 0 saturated carbocycles. The number of nitrogens with one attached hydrogen (secondary N) is 2. The summed E-state index contributed by atoms with van der Waals surface area (Å²) in [5.74, 6) is -0.305. The van der Waals surface area contributed by atoms with E-state index in [1.807, 2.05) is 32.0 Å². The van der Waals surface area contributed by atoms with Gasteiger partial charge in [0.25, 0.3) is 11.8 Å². The molecule has 0 aliphatic carbocycles. The van der Waals surface area contributed by atoms with Crippen molar-refractivity contribution in [3.05, 3.63) is 47.6 Å². The van der Waals surface area contributed by atoms with Gasteiger partial charge in [-0.2, -0.15) is 0 Å². The first-order valence-electron chi connectivity index (χ1n) is 11.5. The molecule has 3 aromatic rings. The molecule has 2 amide bonds. The molecule has 1 aliphatic rings. The van der Waals surface area contributed by atoms with Gasteiger partial charge < -0.3 is 25.0 Å². The Labute approximate surface area is 219 Å². The fourth-order valence-electron chi connectivity index (χ4n) is 3.96. The van der Waals surface area contributed by atoms with Gasteiger partial charge in [0.05, 0.1) is 30.1 Å². The van der Waals surface area contributed by atoms with Crippen molar-refractivity contribution in [3.8, 4) is 11.4 Å². The van der Waals surface area contributed by atoms with E-state index in [1.165, 1.54) is 30.7 Å². The number of ether oxygens (including phenoxy) is 2. The normalized spacial score (nSPS) is 18.5. The minimum Gasteiger partial charge on any atom is -0.382 e. The Kier molecular flexibility index (Phi) is 8.53. The Morgan fingerprint density at radius 3 is 2.62 bits per heavy atom. The molecule has 1 fully saturated rings. The molecule has 198 valence electrons. The van der Waals surface area contributed by atoms with Crippen LogP contribution >= 0.6 is 11.3 Å². The van der Waals surface area contributed by atoms with Crippen molar-refractivity contribution in [1.29, 1.82) is 0 Å². The van der Waals surface area contributed by atoms with E-state index in [4.69, 9.17) is 14.5 Å². The van der Waals surface area contributed by atoms with Crippen LogP contribution in [0.25, 0.3) is 11.4 Å². The molecule has 2 N–H and O–H groups in total. The van der Waals surface area contributed by atoms with Crippen LogP contribution in [0.4, 0.5) is 10.9 Å². The molecule has 4 heterocycles. The highest BCUT2D eigenvalue weighted by Crippen LogP contribution is 2.26. The minimum absolute atomic E-state index is 0.0909. The number of thiol groups is 1. The SMILES string of the molecule is COC[C@H](NC(=O)c1ccn([SH](=O)=O)c1)C(=O)Nc1nc(-c2cccc(N3C[C@@H](C)O[C@@H](C)C3)n2)cs1. The van der Waals surface area contributed by atoms with Crippen LogP contribution in [0.2, 0.25) is 0 Å². The number of anilines is 2. The standard InChI is InChI=1S/C23H28N6O6S2/c1-14-9-28(10-15(2)35-14)20-6-4-5-17(24-20)19-13-36-23(26-19)27-22(31)18(12-34-3)25-21(30)16-7-8-29(11-16)37(32)33/h4-8,11,13-15,18,37H,9-10,12H2,1-3H3,(H,25,30)(H,26,27,31)/t14-,15+,18-/m0/s1. The number of amides is 2. The first-order valence-corrected chi connectivity index (χ1v) is 13.5. The highest BCUT2D eigenvalue weighted by molar-refractivity contribution is 7.70. The zero-order valence-corrected chi connectivity index (χ0v) is 22.2. The van der Waals surface area contributed by atoms with Crippen LogP contribution in [0.5, 0.6) is 0 Å². The number of rotatable bonds is 9. The minimum atomic E-state index is -2.89. The van der Waals surface area contributed by atoms with Gasteiger partial charge in [0, 0.05) is 38.0 Å². The molecule has 3 aromatic heterocycles. The van der Waals surface area contributed by atoms with Crippen LogP contribution in [-0.2, 0) is 25.2 Å². The van der Waals surface area contributed by atoms with Crippen LogP contribution in [-0.4, -0.2) is 79.2 Å². The summed E-state index contributed by atoms with van der Waals surface area (Å²) in [6, 6.07) is 6.04.